The fraction of sp³-hybridized carbons (Fsp3) is 0.0909. The van der Waals surface area contributed by atoms with Crippen molar-refractivity contribution in [2.45, 2.75) is 4.90 Å². The Hall–Kier alpha value is -2.15. The van der Waals surface area contributed by atoms with Crippen LogP contribution in [0.5, 0.6) is 0 Å². The molecule has 18 heavy (non-hydrogen) atoms. The minimum absolute atomic E-state index is 0.174. The summed E-state index contributed by atoms with van der Waals surface area (Å²) in [6, 6.07) is 8.05. The summed E-state index contributed by atoms with van der Waals surface area (Å²) in [6.45, 7) is 0. The molecule has 2 aromatic rings. The van der Waals surface area contributed by atoms with Gasteiger partial charge in [0.05, 0.1) is 4.90 Å². The van der Waals surface area contributed by atoms with Crippen LogP contribution in [0.4, 0.5) is 17.5 Å². The van der Waals surface area contributed by atoms with Crippen LogP contribution >= 0.6 is 0 Å². The van der Waals surface area contributed by atoms with Crippen molar-refractivity contribution >= 4 is 27.3 Å². The van der Waals surface area contributed by atoms with Crippen LogP contribution in [-0.2, 0) is 9.84 Å². The topological polar surface area (TPSA) is 98.0 Å². The Kier molecular flexibility index (Phi) is 3.15. The van der Waals surface area contributed by atoms with Gasteiger partial charge >= 0.3 is 0 Å². The molecule has 0 spiro atoms. The second kappa shape index (κ2) is 4.61. The van der Waals surface area contributed by atoms with Gasteiger partial charge in [0, 0.05) is 18.1 Å². The first-order valence-electron chi connectivity index (χ1n) is 5.11. The van der Waals surface area contributed by atoms with Crippen LogP contribution in [0.25, 0.3) is 0 Å². The van der Waals surface area contributed by atoms with Crippen LogP contribution in [0, 0.1) is 0 Å². The van der Waals surface area contributed by atoms with E-state index in [4.69, 9.17) is 5.73 Å². The first-order chi connectivity index (χ1) is 8.45. The molecule has 7 heteroatoms. The Morgan fingerprint density at radius 2 is 1.83 bits per heavy atom. The van der Waals surface area contributed by atoms with Gasteiger partial charge in [-0.15, -0.1) is 0 Å². The highest BCUT2D eigenvalue weighted by Gasteiger charge is 2.06. The molecule has 0 saturated heterocycles. The van der Waals surface area contributed by atoms with E-state index in [0.717, 1.165) is 5.69 Å². The summed E-state index contributed by atoms with van der Waals surface area (Å²) in [5.41, 5.74) is 6.17. The van der Waals surface area contributed by atoms with Crippen LogP contribution in [0.2, 0.25) is 0 Å². The molecule has 2 rings (SSSR count). The lowest BCUT2D eigenvalue weighted by atomic mass is 10.3. The average molecular weight is 264 g/mol. The molecule has 1 aromatic carbocycles. The lowest BCUT2D eigenvalue weighted by molar-refractivity contribution is 0.602. The van der Waals surface area contributed by atoms with Crippen molar-refractivity contribution in [3.8, 4) is 0 Å². The Labute approximate surface area is 105 Å². The average Bonchev–Trinajstić information content (AvgIpc) is 2.28. The number of nitrogens with two attached hydrogens (primary N) is 1. The van der Waals surface area contributed by atoms with E-state index in [9.17, 15) is 8.42 Å². The Balaban J connectivity index is 2.21. The normalized spacial score (nSPS) is 11.2. The number of sulfone groups is 1. The highest BCUT2D eigenvalue weighted by molar-refractivity contribution is 7.90. The van der Waals surface area contributed by atoms with E-state index in [1.54, 1.807) is 18.2 Å². The van der Waals surface area contributed by atoms with Gasteiger partial charge in [-0.1, -0.05) is 0 Å². The number of rotatable bonds is 3. The van der Waals surface area contributed by atoms with Crippen molar-refractivity contribution in [2.75, 3.05) is 17.3 Å². The number of hydrogen-bond acceptors (Lipinski definition) is 6. The Morgan fingerprint density at radius 3 is 2.39 bits per heavy atom. The van der Waals surface area contributed by atoms with E-state index < -0.39 is 9.84 Å². The molecule has 1 aromatic heterocycles. The third kappa shape index (κ3) is 2.95. The van der Waals surface area contributed by atoms with Gasteiger partial charge in [0.1, 0.15) is 5.82 Å². The molecule has 0 aliphatic rings. The number of hydrogen-bond donors (Lipinski definition) is 2. The van der Waals surface area contributed by atoms with E-state index >= 15 is 0 Å². The van der Waals surface area contributed by atoms with Crippen LogP contribution in [0.1, 0.15) is 0 Å². The van der Waals surface area contributed by atoms with E-state index in [1.165, 1.54) is 24.6 Å². The van der Waals surface area contributed by atoms with Crippen LogP contribution in [0.15, 0.2) is 41.4 Å². The molecule has 0 amide bonds. The van der Waals surface area contributed by atoms with E-state index in [1.807, 2.05) is 0 Å². The van der Waals surface area contributed by atoms with Gasteiger partial charge in [-0.05, 0) is 30.3 Å². The summed E-state index contributed by atoms with van der Waals surface area (Å²) in [7, 11) is -3.17. The van der Waals surface area contributed by atoms with E-state index in [0.29, 0.717) is 5.82 Å². The Morgan fingerprint density at radius 1 is 1.17 bits per heavy atom. The van der Waals surface area contributed by atoms with Gasteiger partial charge in [0.25, 0.3) is 0 Å². The molecule has 1 heterocycles. The van der Waals surface area contributed by atoms with E-state index in [-0.39, 0.29) is 10.8 Å². The number of nitrogens with one attached hydrogen (secondary N) is 1. The molecule has 6 nitrogen and oxygen atoms in total. The predicted octanol–water partition coefficient (Wildman–Crippen LogP) is 1.21. The summed E-state index contributed by atoms with van der Waals surface area (Å²) in [4.78, 5) is 8.03. The van der Waals surface area contributed by atoms with Crippen molar-refractivity contribution < 1.29 is 8.42 Å². The zero-order valence-corrected chi connectivity index (χ0v) is 10.5. The summed E-state index contributed by atoms with van der Waals surface area (Å²) < 4.78 is 22.6. The molecule has 0 fully saturated rings. The Bertz CT molecular complexity index is 653. The van der Waals surface area contributed by atoms with Crippen molar-refractivity contribution in [2.24, 2.45) is 0 Å². The summed E-state index contributed by atoms with van der Waals surface area (Å²) in [5.74, 6) is 0.724. The number of nitrogens with zero attached hydrogens (tertiary/aromatic N) is 2. The monoisotopic (exact) mass is 264 g/mol. The number of anilines is 3. The van der Waals surface area contributed by atoms with Gasteiger partial charge in [-0.3, -0.25) is 0 Å². The summed E-state index contributed by atoms with van der Waals surface area (Å²) in [5, 5.41) is 3.00. The maximum atomic E-state index is 11.3. The van der Waals surface area contributed by atoms with Crippen molar-refractivity contribution in [3.05, 3.63) is 36.5 Å². The second-order valence-corrected chi connectivity index (χ2v) is 5.74. The molecule has 0 aliphatic carbocycles. The predicted molar refractivity (Wildman–Crippen MR) is 69.3 cm³/mol. The van der Waals surface area contributed by atoms with Crippen LogP contribution in [-0.4, -0.2) is 24.6 Å². The zero-order valence-electron chi connectivity index (χ0n) is 9.66. The maximum Gasteiger partial charge on any atom is 0.221 e. The fourth-order valence-corrected chi connectivity index (χ4v) is 2.01. The lowest BCUT2D eigenvalue weighted by Crippen LogP contribution is -2.00. The number of aromatic nitrogens is 2. The highest BCUT2D eigenvalue weighted by atomic mass is 32.2. The fourth-order valence-electron chi connectivity index (χ4n) is 1.38. The molecule has 3 N–H and O–H groups in total. The largest absolute Gasteiger partial charge is 0.368 e. The quantitative estimate of drug-likeness (QED) is 0.864. The van der Waals surface area contributed by atoms with Gasteiger partial charge in [-0.25, -0.2) is 13.4 Å². The minimum atomic E-state index is -3.17. The third-order valence-corrected chi connectivity index (χ3v) is 3.36. The lowest BCUT2D eigenvalue weighted by Gasteiger charge is -2.06. The number of benzene rings is 1. The second-order valence-electron chi connectivity index (χ2n) is 3.72. The van der Waals surface area contributed by atoms with Crippen LogP contribution in [0.3, 0.4) is 0 Å². The van der Waals surface area contributed by atoms with Crippen LogP contribution < -0.4 is 11.1 Å². The van der Waals surface area contributed by atoms with Gasteiger partial charge < -0.3 is 11.1 Å². The first-order valence-corrected chi connectivity index (χ1v) is 7.00. The van der Waals surface area contributed by atoms with Gasteiger partial charge in [-0.2, -0.15) is 4.98 Å². The summed E-state index contributed by atoms with van der Waals surface area (Å²) >= 11 is 0. The maximum absolute atomic E-state index is 11.3. The standard InChI is InChI=1S/C11H12N4O2S/c1-18(16,17)9-4-2-8(3-5-9)14-10-6-7-13-11(12)15-10/h2-7H,1H3,(H3,12,13,14,15). The van der Waals surface area contributed by atoms with Crippen molar-refractivity contribution in [3.63, 3.8) is 0 Å². The molecule has 94 valence electrons. The van der Waals surface area contributed by atoms with E-state index in [2.05, 4.69) is 15.3 Å². The van der Waals surface area contributed by atoms with Gasteiger partial charge in [0.15, 0.2) is 9.84 Å². The smallest absolute Gasteiger partial charge is 0.221 e. The van der Waals surface area contributed by atoms with Crippen molar-refractivity contribution in [1.82, 2.24) is 9.97 Å². The summed E-state index contributed by atoms with van der Waals surface area (Å²) in [6.07, 6.45) is 2.70. The molecule has 0 aliphatic heterocycles. The molecule has 0 unspecified atom stereocenters. The SMILES string of the molecule is CS(=O)(=O)c1ccc(Nc2ccnc(N)n2)cc1. The van der Waals surface area contributed by atoms with Crippen molar-refractivity contribution in [1.29, 1.82) is 0 Å². The molecule has 0 atom stereocenters. The number of nitrogen functional groups attached to an aromatic ring is 1. The van der Waals surface area contributed by atoms with Gasteiger partial charge in [0.2, 0.25) is 5.95 Å². The molecule has 0 bridgehead atoms. The molecular formula is C11H12N4O2S. The highest BCUT2D eigenvalue weighted by Crippen LogP contribution is 2.17. The zero-order chi connectivity index (χ0) is 13.2. The third-order valence-electron chi connectivity index (χ3n) is 2.23. The molecular weight excluding hydrogens is 252 g/mol. The molecule has 0 saturated carbocycles. The minimum Gasteiger partial charge on any atom is -0.368 e. The molecule has 0 radical (unpaired) electrons. The first kappa shape index (κ1) is 12.3.